The maximum Gasteiger partial charge on any atom is 0.182 e. The third kappa shape index (κ3) is 3.22. The van der Waals surface area contributed by atoms with E-state index >= 15 is 0 Å². The standard InChI is InChI=1S/C14H20ClNO/c1-5-6-7-8-16-10(2)9-13(12(16)4)14(17)11(3)15/h5-6,9,11H,7-8H2,1-4H3/b6-5+. The van der Waals surface area contributed by atoms with Crippen molar-refractivity contribution in [1.29, 1.82) is 0 Å². The van der Waals surface area contributed by atoms with Gasteiger partial charge in [-0.25, -0.2) is 0 Å². The van der Waals surface area contributed by atoms with Gasteiger partial charge >= 0.3 is 0 Å². The topological polar surface area (TPSA) is 22.0 Å². The van der Waals surface area contributed by atoms with Crippen molar-refractivity contribution in [1.82, 2.24) is 4.57 Å². The number of aromatic nitrogens is 1. The van der Waals surface area contributed by atoms with Crippen molar-refractivity contribution in [2.45, 2.75) is 46.0 Å². The van der Waals surface area contributed by atoms with Crippen molar-refractivity contribution in [2.75, 3.05) is 0 Å². The van der Waals surface area contributed by atoms with Crippen molar-refractivity contribution in [3.05, 3.63) is 35.2 Å². The number of Topliss-reactive ketones (excluding diaryl/α,β-unsaturated/α-hetero) is 1. The molecule has 0 aliphatic carbocycles. The Morgan fingerprint density at radius 1 is 1.53 bits per heavy atom. The number of hydrogen-bond acceptors (Lipinski definition) is 1. The van der Waals surface area contributed by atoms with Gasteiger partial charge in [-0.15, -0.1) is 11.6 Å². The summed E-state index contributed by atoms with van der Waals surface area (Å²) in [5.41, 5.74) is 2.89. The summed E-state index contributed by atoms with van der Waals surface area (Å²) in [6.45, 7) is 8.65. The molecule has 1 aromatic rings. The van der Waals surface area contributed by atoms with Gasteiger partial charge in [-0.3, -0.25) is 4.79 Å². The average molecular weight is 254 g/mol. The van der Waals surface area contributed by atoms with Gasteiger partial charge in [0.05, 0.1) is 5.38 Å². The Labute approximate surface area is 108 Å². The van der Waals surface area contributed by atoms with Crippen molar-refractivity contribution < 1.29 is 4.79 Å². The van der Waals surface area contributed by atoms with Crippen molar-refractivity contribution in [3.63, 3.8) is 0 Å². The van der Waals surface area contributed by atoms with E-state index in [4.69, 9.17) is 11.6 Å². The van der Waals surface area contributed by atoms with Gasteiger partial charge in [0.2, 0.25) is 0 Å². The molecule has 0 aromatic carbocycles. The van der Waals surface area contributed by atoms with E-state index in [0.29, 0.717) is 0 Å². The molecule has 0 N–H and O–H groups in total. The number of aryl methyl sites for hydroxylation is 1. The molecule has 0 spiro atoms. The smallest absolute Gasteiger partial charge is 0.182 e. The lowest BCUT2D eigenvalue weighted by atomic mass is 10.1. The Morgan fingerprint density at radius 2 is 2.18 bits per heavy atom. The molecule has 94 valence electrons. The van der Waals surface area contributed by atoms with Crippen LogP contribution in [0.1, 0.15) is 42.0 Å². The van der Waals surface area contributed by atoms with E-state index in [-0.39, 0.29) is 5.78 Å². The molecule has 0 aliphatic rings. The lowest BCUT2D eigenvalue weighted by molar-refractivity contribution is 0.0991. The maximum atomic E-state index is 11.9. The number of ketones is 1. The normalized spacial score (nSPS) is 13.2. The molecule has 1 rings (SSSR count). The molecular weight excluding hydrogens is 234 g/mol. The predicted octanol–water partition coefficient (Wildman–Crippen LogP) is 3.88. The van der Waals surface area contributed by atoms with Crippen molar-refractivity contribution in [2.24, 2.45) is 0 Å². The molecular formula is C14H20ClNO. The first-order valence-electron chi connectivity index (χ1n) is 5.95. The van der Waals surface area contributed by atoms with E-state index < -0.39 is 5.38 Å². The van der Waals surface area contributed by atoms with Crippen LogP contribution in [0.15, 0.2) is 18.2 Å². The zero-order valence-electron chi connectivity index (χ0n) is 11.0. The summed E-state index contributed by atoms with van der Waals surface area (Å²) >= 11 is 5.85. The molecule has 0 fully saturated rings. The molecule has 2 nitrogen and oxygen atoms in total. The minimum atomic E-state index is -0.459. The van der Waals surface area contributed by atoms with Crippen LogP contribution in [0.25, 0.3) is 0 Å². The number of allylic oxidation sites excluding steroid dienone is 2. The van der Waals surface area contributed by atoms with Crippen LogP contribution in [0.2, 0.25) is 0 Å². The summed E-state index contributed by atoms with van der Waals surface area (Å²) in [6.07, 6.45) is 5.16. The SMILES string of the molecule is C/C=C/CCn1c(C)cc(C(=O)C(C)Cl)c1C. The van der Waals surface area contributed by atoms with Gasteiger partial charge in [-0.1, -0.05) is 12.2 Å². The average Bonchev–Trinajstić information content (AvgIpc) is 2.55. The lowest BCUT2D eigenvalue weighted by Gasteiger charge is -2.08. The highest BCUT2D eigenvalue weighted by atomic mass is 35.5. The summed E-state index contributed by atoms with van der Waals surface area (Å²) in [4.78, 5) is 11.9. The fourth-order valence-corrected chi connectivity index (χ4v) is 2.10. The highest BCUT2D eigenvalue weighted by Crippen LogP contribution is 2.19. The molecule has 0 aliphatic heterocycles. The first-order valence-corrected chi connectivity index (χ1v) is 6.38. The minimum Gasteiger partial charge on any atom is -0.348 e. The van der Waals surface area contributed by atoms with Gasteiger partial charge in [0.25, 0.3) is 0 Å². The van der Waals surface area contributed by atoms with E-state index in [9.17, 15) is 4.79 Å². The molecule has 0 saturated carbocycles. The number of carbonyl (C=O) groups is 1. The van der Waals surface area contributed by atoms with Crippen LogP contribution in [0.5, 0.6) is 0 Å². The quantitative estimate of drug-likeness (QED) is 0.443. The summed E-state index contributed by atoms with van der Waals surface area (Å²) in [5.74, 6) is 0.0112. The lowest BCUT2D eigenvalue weighted by Crippen LogP contribution is -2.12. The van der Waals surface area contributed by atoms with Crippen molar-refractivity contribution in [3.8, 4) is 0 Å². The van der Waals surface area contributed by atoms with Crippen molar-refractivity contribution >= 4 is 17.4 Å². The maximum absolute atomic E-state index is 11.9. The minimum absolute atomic E-state index is 0.0112. The molecule has 0 saturated heterocycles. The second-order valence-corrected chi connectivity index (χ2v) is 4.93. The summed E-state index contributed by atoms with van der Waals surface area (Å²) in [5, 5.41) is -0.459. The highest BCUT2D eigenvalue weighted by molar-refractivity contribution is 6.33. The van der Waals surface area contributed by atoms with Gasteiger partial charge in [-0.2, -0.15) is 0 Å². The van der Waals surface area contributed by atoms with E-state index in [1.807, 2.05) is 32.9 Å². The van der Waals surface area contributed by atoms with Gasteiger partial charge in [0.1, 0.15) is 0 Å². The van der Waals surface area contributed by atoms with Crippen LogP contribution in [0.3, 0.4) is 0 Å². The summed E-state index contributed by atoms with van der Waals surface area (Å²) in [6, 6.07) is 1.94. The fraction of sp³-hybridized carbons (Fsp3) is 0.500. The zero-order valence-corrected chi connectivity index (χ0v) is 11.7. The number of nitrogens with zero attached hydrogens (tertiary/aromatic N) is 1. The number of hydrogen-bond donors (Lipinski definition) is 0. The van der Waals surface area contributed by atoms with Gasteiger partial charge in [0, 0.05) is 23.5 Å². The Kier molecular flexibility index (Phi) is 5.01. The number of halogens is 1. The van der Waals surface area contributed by atoms with Crippen LogP contribution in [0.4, 0.5) is 0 Å². The second-order valence-electron chi connectivity index (χ2n) is 4.27. The number of rotatable bonds is 5. The molecule has 0 bridgehead atoms. The molecule has 3 heteroatoms. The van der Waals surface area contributed by atoms with Gasteiger partial charge in [0.15, 0.2) is 5.78 Å². The second kappa shape index (κ2) is 6.06. The molecule has 17 heavy (non-hydrogen) atoms. The fourth-order valence-electron chi connectivity index (χ4n) is 1.98. The number of alkyl halides is 1. The molecule has 1 heterocycles. The largest absolute Gasteiger partial charge is 0.348 e. The van der Waals surface area contributed by atoms with Gasteiger partial charge < -0.3 is 4.57 Å². The van der Waals surface area contributed by atoms with E-state index in [1.165, 1.54) is 0 Å². The monoisotopic (exact) mass is 253 g/mol. The van der Waals surface area contributed by atoms with E-state index in [1.54, 1.807) is 6.92 Å². The Morgan fingerprint density at radius 3 is 2.71 bits per heavy atom. The number of carbonyl (C=O) groups excluding carboxylic acids is 1. The zero-order chi connectivity index (χ0) is 13.0. The Bertz CT molecular complexity index is 430. The first-order chi connectivity index (χ1) is 7.99. The van der Waals surface area contributed by atoms with Crippen LogP contribution in [-0.2, 0) is 6.54 Å². The van der Waals surface area contributed by atoms with Crippen LogP contribution >= 0.6 is 11.6 Å². The molecule has 1 atom stereocenters. The Balaban J connectivity index is 2.97. The first kappa shape index (κ1) is 14.0. The third-order valence-corrected chi connectivity index (χ3v) is 3.15. The van der Waals surface area contributed by atoms with Crippen LogP contribution < -0.4 is 0 Å². The van der Waals surface area contributed by atoms with Crippen LogP contribution in [0, 0.1) is 13.8 Å². The third-order valence-electron chi connectivity index (χ3n) is 2.96. The molecule has 1 unspecified atom stereocenters. The Hall–Kier alpha value is -1.02. The van der Waals surface area contributed by atoms with Gasteiger partial charge in [-0.05, 0) is 40.2 Å². The molecule has 0 amide bonds. The van der Waals surface area contributed by atoms with Crippen LogP contribution in [-0.4, -0.2) is 15.7 Å². The van der Waals surface area contributed by atoms with E-state index in [0.717, 1.165) is 29.9 Å². The predicted molar refractivity (Wildman–Crippen MR) is 73.0 cm³/mol. The summed E-state index contributed by atoms with van der Waals surface area (Å²) < 4.78 is 2.17. The molecule has 1 aromatic heterocycles. The van der Waals surface area contributed by atoms with E-state index in [2.05, 4.69) is 10.6 Å². The highest BCUT2D eigenvalue weighted by Gasteiger charge is 2.18. The summed E-state index contributed by atoms with van der Waals surface area (Å²) in [7, 11) is 0. The molecule has 0 radical (unpaired) electrons.